The van der Waals surface area contributed by atoms with Gasteiger partial charge in [0.25, 0.3) is 0 Å². The lowest BCUT2D eigenvalue weighted by Crippen LogP contribution is -2.45. The summed E-state index contributed by atoms with van der Waals surface area (Å²) in [5.74, 6) is 0.498. The van der Waals surface area contributed by atoms with Gasteiger partial charge in [-0.05, 0) is 43.2 Å². The number of aryl methyl sites for hydroxylation is 1. The molecular weight excluding hydrogens is 390 g/mol. The normalized spacial score (nSPS) is 22.6. The van der Waals surface area contributed by atoms with Gasteiger partial charge in [0.15, 0.2) is 0 Å². The van der Waals surface area contributed by atoms with Crippen LogP contribution in [0.25, 0.3) is 22.0 Å². The number of hydrogen-bond donors (Lipinski definition) is 0. The molecule has 1 aliphatic heterocycles. The number of ether oxygens (including phenoxy) is 1. The van der Waals surface area contributed by atoms with Crippen molar-refractivity contribution < 1.29 is 9.53 Å². The van der Waals surface area contributed by atoms with Gasteiger partial charge in [0.1, 0.15) is 11.5 Å². The van der Waals surface area contributed by atoms with Crippen LogP contribution >= 0.6 is 0 Å². The number of hydrogen-bond acceptors (Lipinski definition) is 6. The van der Waals surface area contributed by atoms with Crippen LogP contribution in [-0.2, 0) is 23.0 Å². The fourth-order valence-corrected chi connectivity index (χ4v) is 4.95. The molecule has 5 rings (SSSR count). The Bertz CT molecular complexity index is 1060. The van der Waals surface area contributed by atoms with E-state index in [-0.39, 0.29) is 5.92 Å². The summed E-state index contributed by atoms with van der Waals surface area (Å²) in [5, 5.41) is 10.4. The zero-order valence-corrected chi connectivity index (χ0v) is 18.0. The summed E-state index contributed by atoms with van der Waals surface area (Å²) in [7, 11) is 1.86. The van der Waals surface area contributed by atoms with Crippen LogP contribution in [0.3, 0.4) is 0 Å². The number of benzene rings is 1. The molecule has 0 amide bonds. The molecule has 0 unspecified atom stereocenters. The van der Waals surface area contributed by atoms with Crippen molar-refractivity contribution in [2.75, 3.05) is 26.3 Å². The molecule has 1 saturated heterocycles. The standard InChI is InChI=1S/C24H29N5O2/c1-28-16-23(26-27-28)18-2-3-19-15-25-21(13-20(19)12-18)14-24(30)17-4-6-22(7-5-17)29-8-10-31-11-9-29/h2-3,12-13,15-17,22H,4-11,14H2,1H3. The number of pyridine rings is 1. The van der Waals surface area contributed by atoms with Crippen LogP contribution in [0, 0.1) is 5.92 Å². The first-order valence-corrected chi connectivity index (χ1v) is 11.3. The number of carbonyl (C=O) groups excluding carboxylic acids is 1. The molecule has 0 atom stereocenters. The average molecular weight is 420 g/mol. The molecule has 3 aromatic rings. The summed E-state index contributed by atoms with van der Waals surface area (Å²) in [5.41, 5.74) is 2.71. The fraction of sp³-hybridized carbons (Fsp3) is 0.500. The topological polar surface area (TPSA) is 73.1 Å². The number of Topliss-reactive ketones (excluding diaryl/α,β-unsaturated/α-hetero) is 1. The lowest BCUT2D eigenvalue weighted by atomic mass is 9.81. The Labute approximate surface area is 182 Å². The Morgan fingerprint density at radius 2 is 1.90 bits per heavy atom. The van der Waals surface area contributed by atoms with Gasteiger partial charge in [0.2, 0.25) is 0 Å². The van der Waals surface area contributed by atoms with Gasteiger partial charge in [-0.2, -0.15) is 0 Å². The van der Waals surface area contributed by atoms with Crippen molar-refractivity contribution in [2.45, 2.75) is 38.1 Å². The number of carbonyl (C=O) groups is 1. The molecule has 7 heteroatoms. The van der Waals surface area contributed by atoms with Crippen LogP contribution in [0.4, 0.5) is 0 Å². The molecule has 0 N–H and O–H groups in total. The zero-order chi connectivity index (χ0) is 21.2. The number of ketones is 1. The minimum Gasteiger partial charge on any atom is -0.379 e. The maximum atomic E-state index is 13.0. The smallest absolute Gasteiger partial charge is 0.141 e. The third-order valence-corrected chi connectivity index (χ3v) is 6.75. The molecule has 162 valence electrons. The highest BCUT2D eigenvalue weighted by Gasteiger charge is 2.30. The second-order valence-corrected chi connectivity index (χ2v) is 8.81. The molecule has 1 aliphatic carbocycles. The Hall–Kier alpha value is -2.64. The first-order chi connectivity index (χ1) is 15.2. The molecule has 2 aromatic heterocycles. The Morgan fingerprint density at radius 1 is 1.10 bits per heavy atom. The molecule has 2 fully saturated rings. The third kappa shape index (κ3) is 4.52. The van der Waals surface area contributed by atoms with Crippen molar-refractivity contribution in [3.05, 3.63) is 42.4 Å². The Balaban J connectivity index is 1.24. The first-order valence-electron chi connectivity index (χ1n) is 11.3. The molecule has 7 nitrogen and oxygen atoms in total. The molecule has 1 aromatic carbocycles. The quantitative estimate of drug-likeness (QED) is 0.633. The van der Waals surface area contributed by atoms with Crippen molar-refractivity contribution in [3.63, 3.8) is 0 Å². The van der Waals surface area contributed by atoms with Crippen LogP contribution in [0.2, 0.25) is 0 Å². The van der Waals surface area contributed by atoms with Crippen molar-refractivity contribution in [1.82, 2.24) is 24.9 Å². The number of rotatable bonds is 5. The van der Waals surface area contributed by atoms with Crippen molar-refractivity contribution in [2.24, 2.45) is 13.0 Å². The van der Waals surface area contributed by atoms with Crippen LogP contribution in [-0.4, -0.2) is 63.0 Å². The minimum absolute atomic E-state index is 0.167. The van der Waals surface area contributed by atoms with E-state index in [0.29, 0.717) is 18.2 Å². The van der Waals surface area contributed by atoms with Crippen molar-refractivity contribution >= 4 is 16.6 Å². The first kappa shape index (κ1) is 20.3. The van der Waals surface area contributed by atoms with E-state index in [9.17, 15) is 4.79 Å². The lowest BCUT2D eigenvalue weighted by molar-refractivity contribution is -0.123. The summed E-state index contributed by atoms with van der Waals surface area (Å²) in [6, 6.07) is 8.84. The van der Waals surface area contributed by atoms with Crippen molar-refractivity contribution in [3.8, 4) is 11.3 Å². The molecule has 0 bridgehead atoms. The lowest BCUT2D eigenvalue weighted by Gasteiger charge is -2.38. The third-order valence-electron chi connectivity index (χ3n) is 6.75. The summed E-state index contributed by atoms with van der Waals surface area (Å²) in [4.78, 5) is 20.1. The van der Waals surface area contributed by atoms with E-state index in [0.717, 1.165) is 79.7 Å². The van der Waals surface area contributed by atoms with Gasteiger partial charge >= 0.3 is 0 Å². The molecule has 1 saturated carbocycles. The molecule has 3 heterocycles. The Morgan fingerprint density at radius 3 is 2.65 bits per heavy atom. The predicted octanol–water partition coefficient (Wildman–Crippen LogP) is 3.03. The van der Waals surface area contributed by atoms with E-state index < -0.39 is 0 Å². The van der Waals surface area contributed by atoms with E-state index in [1.165, 1.54) is 0 Å². The van der Waals surface area contributed by atoms with Crippen LogP contribution in [0.5, 0.6) is 0 Å². The summed E-state index contributed by atoms with van der Waals surface area (Å²) < 4.78 is 7.17. The van der Waals surface area contributed by atoms with Crippen LogP contribution < -0.4 is 0 Å². The monoisotopic (exact) mass is 419 g/mol. The van der Waals surface area contributed by atoms with E-state index in [4.69, 9.17) is 4.74 Å². The van der Waals surface area contributed by atoms with Crippen LogP contribution in [0.1, 0.15) is 31.4 Å². The van der Waals surface area contributed by atoms with Gasteiger partial charge in [-0.15, -0.1) is 5.10 Å². The van der Waals surface area contributed by atoms with Gasteiger partial charge in [0, 0.05) is 61.4 Å². The molecule has 0 radical (unpaired) electrons. The second kappa shape index (κ2) is 8.85. The molecule has 0 spiro atoms. The van der Waals surface area contributed by atoms with Gasteiger partial charge in [0.05, 0.1) is 19.4 Å². The highest BCUT2D eigenvalue weighted by atomic mass is 16.5. The maximum absolute atomic E-state index is 13.0. The summed E-state index contributed by atoms with van der Waals surface area (Å²) >= 11 is 0. The largest absolute Gasteiger partial charge is 0.379 e. The van der Waals surface area contributed by atoms with E-state index in [1.807, 2.05) is 37.6 Å². The Kier molecular flexibility index (Phi) is 5.78. The van der Waals surface area contributed by atoms with Gasteiger partial charge in [-0.3, -0.25) is 19.4 Å². The number of fused-ring (bicyclic) bond motifs is 1. The van der Waals surface area contributed by atoms with Gasteiger partial charge in [-0.1, -0.05) is 17.3 Å². The zero-order valence-electron chi connectivity index (χ0n) is 18.0. The van der Waals surface area contributed by atoms with Crippen LogP contribution in [0.15, 0.2) is 36.7 Å². The maximum Gasteiger partial charge on any atom is 0.141 e. The minimum atomic E-state index is 0.167. The number of morpholine rings is 1. The second-order valence-electron chi connectivity index (χ2n) is 8.81. The molecule has 31 heavy (non-hydrogen) atoms. The number of nitrogens with zero attached hydrogens (tertiary/aromatic N) is 5. The fourth-order valence-electron chi connectivity index (χ4n) is 4.95. The molecule has 2 aliphatic rings. The van der Waals surface area contributed by atoms with Gasteiger partial charge in [-0.25, -0.2) is 0 Å². The average Bonchev–Trinajstić information content (AvgIpc) is 3.25. The highest BCUT2D eigenvalue weighted by molar-refractivity contribution is 5.88. The highest BCUT2D eigenvalue weighted by Crippen LogP contribution is 2.30. The SMILES string of the molecule is Cn1cc(-c2ccc3cnc(CC(=O)C4CCC(N5CCOCC5)CC4)cc3c2)nn1. The van der Waals surface area contributed by atoms with E-state index in [2.05, 4.69) is 26.3 Å². The summed E-state index contributed by atoms with van der Waals surface area (Å²) in [6.45, 7) is 3.73. The van der Waals surface area contributed by atoms with E-state index >= 15 is 0 Å². The molecular formula is C24H29N5O2. The predicted molar refractivity (Wildman–Crippen MR) is 119 cm³/mol. The van der Waals surface area contributed by atoms with Gasteiger partial charge < -0.3 is 4.74 Å². The number of aromatic nitrogens is 4. The van der Waals surface area contributed by atoms with E-state index in [1.54, 1.807) is 4.68 Å². The summed E-state index contributed by atoms with van der Waals surface area (Å²) in [6.07, 6.45) is 8.40. The van der Waals surface area contributed by atoms with Crippen molar-refractivity contribution in [1.29, 1.82) is 0 Å².